The summed E-state index contributed by atoms with van der Waals surface area (Å²) in [5.41, 5.74) is 3.29. The molecule has 146 valence electrons. The Hall–Kier alpha value is -2.76. The predicted molar refractivity (Wildman–Crippen MR) is 105 cm³/mol. The van der Waals surface area contributed by atoms with Gasteiger partial charge >= 0.3 is 5.97 Å². The standard InChI is InChI=1S/C21H28N2O4/c1-13(2)15-8-7-9-16(14(3)4)19(15)22-18(24)12-27-17-10-11-23(5)20(17)21(25)26-6/h7-11,13-14H,12H2,1-6H3,(H,22,24). The van der Waals surface area contributed by atoms with Crippen molar-refractivity contribution in [2.75, 3.05) is 19.0 Å². The molecule has 0 aliphatic carbocycles. The number of rotatable bonds is 7. The maximum absolute atomic E-state index is 12.5. The summed E-state index contributed by atoms with van der Waals surface area (Å²) in [6.45, 7) is 8.19. The van der Waals surface area contributed by atoms with E-state index in [1.807, 2.05) is 18.2 Å². The van der Waals surface area contributed by atoms with Crippen LogP contribution in [0.4, 0.5) is 5.69 Å². The van der Waals surface area contributed by atoms with E-state index in [9.17, 15) is 9.59 Å². The number of nitrogens with one attached hydrogen (secondary N) is 1. The Morgan fingerprint density at radius 3 is 2.19 bits per heavy atom. The lowest BCUT2D eigenvalue weighted by Crippen LogP contribution is -2.23. The van der Waals surface area contributed by atoms with E-state index < -0.39 is 5.97 Å². The summed E-state index contributed by atoms with van der Waals surface area (Å²) in [5.74, 6) is 0.0930. The molecule has 1 amide bonds. The van der Waals surface area contributed by atoms with Crippen LogP contribution in [0.5, 0.6) is 5.75 Å². The number of aryl methyl sites for hydroxylation is 1. The Kier molecular flexibility index (Phi) is 6.66. The molecule has 1 aromatic heterocycles. The average Bonchev–Trinajstić information content (AvgIpc) is 2.99. The van der Waals surface area contributed by atoms with Gasteiger partial charge in [-0.2, -0.15) is 0 Å². The van der Waals surface area contributed by atoms with Gasteiger partial charge in [0, 0.05) is 18.9 Å². The van der Waals surface area contributed by atoms with Gasteiger partial charge in [0.1, 0.15) is 0 Å². The summed E-state index contributed by atoms with van der Waals surface area (Å²) in [4.78, 5) is 24.4. The van der Waals surface area contributed by atoms with Crippen molar-refractivity contribution >= 4 is 17.6 Å². The molecule has 6 heteroatoms. The van der Waals surface area contributed by atoms with E-state index in [1.165, 1.54) is 7.11 Å². The van der Waals surface area contributed by atoms with Crippen LogP contribution in [0, 0.1) is 0 Å². The van der Waals surface area contributed by atoms with Crippen molar-refractivity contribution in [1.29, 1.82) is 0 Å². The number of nitrogens with zero attached hydrogens (tertiary/aromatic N) is 1. The molecule has 0 saturated carbocycles. The molecule has 27 heavy (non-hydrogen) atoms. The fourth-order valence-electron chi connectivity index (χ4n) is 2.98. The summed E-state index contributed by atoms with van der Waals surface area (Å²) in [6.07, 6.45) is 1.68. The van der Waals surface area contributed by atoms with Crippen LogP contribution in [0.1, 0.15) is 61.1 Å². The number of benzene rings is 1. The largest absolute Gasteiger partial charge is 0.481 e. The van der Waals surface area contributed by atoms with E-state index in [0.717, 1.165) is 16.8 Å². The van der Waals surface area contributed by atoms with Crippen LogP contribution < -0.4 is 10.1 Å². The highest BCUT2D eigenvalue weighted by molar-refractivity contribution is 5.94. The van der Waals surface area contributed by atoms with Crippen LogP contribution >= 0.6 is 0 Å². The van der Waals surface area contributed by atoms with Crippen molar-refractivity contribution in [2.24, 2.45) is 7.05 Å². The van der Waals surface area contributed by atoms with Gasteiger partial charge in [0.2, 0.25) is 0 Å². The topological polar surface area (TPSA) is 69.6 Å². The third-order valence-corrected chi connectivity index (χ3v) is 4.41. The molecule has 0 spiro atoms. The number of esters is 1. The minimum Gasteiger partial charge on any atom is -0.481 e. The zero-order chi connectivity index (χ0) is 20.1. The molecule has 6 nitrogen and oxygen atoms in total. The molecule has 2 aromatic rings. The Labute approximate surface area is 160 Å². The van der Waals surface area contributed by atoms with E-state index >= 15 is 0 Å². The van der Waals surface area contributed by atoms with Gasteiger partial charge in [-0.1, -0.05) is 45.9 Å². The molecule has 2 rings (SSSR count). The number of hydrogen-bond acceptors (Lipinski definition) is 4. The van der Waals surface area contributed by atoms with Crippen LogP contribution in [-0.4, -0.2) is 30.2 Å². The quantitative estimate of drug-likeness (QED) is 0.744. The van der Waals surface area contributed by atoms with Gasteiger partial charge in [0.25, 0.3) is 5.91 Å². The summed E-state index contributed by atoms with van der Waals surface area (Å²) in [6, 6.07) is 7.71. The summed E-state index contributed by atoms with van der Waals surface area (Å²) in [7, 11) is 3.02. The number of para-hydroxylation sites is 1. The van der Waals surface area contributed by atoms with Gasteiger partial charge in [-0.15, -0.1) is 0 Å². The normalized spacial score (nSPS) is 11.0. The highest BCUT2D eigenvalue weighted by Gasteiger charge is 2.20. The average molecular weight is 372 g/mol. The summed E-state index contributed by atoms with van der Waals surface area (Å²) >= 11 is 0. The lowest BCUT2D eigenvalue weighted by molar-refractivity contribution is -0.118. The molecule has 0 fully saturated rings. The van der Waals surface area contributed by atoms with Crippen LogP contribution in [0.2, 0.25) is 0 Å². The minimum absolute atomic E-state index is 0.196. The summed E-state index contributed by atoms with van der Waals surface area (Å²) < 4.78 is 11.9. The van der Waals surface area contributed by atoms with Gasteiger partial charge < -0.3 is 19.4 Å². The fraction of sp³-hybridized carbons (Fsp3) is 0.429. The zero-order valence-corrected chi connectivity index (χ0v) is 16.8. The molecule has 0 bridgehead atoms. The zero-order valence-electron chi connectivity index (χ0n) is 16.8. The summed E-state index contributed by atoms with van der Waals surface area (Å²) in [5, 5.41) is 2.99. The predicted octanol–water partition coefficient (Wildman–Crippen LogP) is 4.08. The number of carbonyl (C=O) groups excluding carboxylic acids is 2. The van der Waals surface area contributed by atoms with Crippen LogP contribution in [-0.2, 0) is 16.6 Å². The second-order valence-corrected chi connectivity index (χ2v) is 7.09. The first-order chi connectivity index (χ1) is 12.8. The maximum atomic E-state index is 12.5. The van der Waals surface area contributed by atoms with Crippen LogP contribution in [0.3, 0.4) is 0 Å². The molecule has 1 N–H and O–H groups in total. The molecule has 0 radical (unpaired) electrons. The highest BCUT2D eigenvalue weighted by Crippen LogP contribution is 2.32. The Morgan fingerprint density at radius 2 is 1.67 bits per heavy atom. The molecule has 0 atom stereocenters. The van der Waals surface area contributed by atoms with Gasteiger partial charge in [-0.3, -0.25) is 4.79 Å². The maximum Gasteiger partial charge on any atom is 0.358 e. The first-order valence-corrected chi connectivity index (χ1v) is 9.05. The third kappa shape index (κ3) is 4.70. The van der Waals surface area contributed by atoms with E-state index in [4.69, 9.17) is 9.47 Å². The van der Waals surface area contributed by atoms with Crippen LogP contribution in [0.15, 0.2) is 30.5 Å². The lowest BCUT2D eigenvalue weighted by Gasteiger charge is -2.20. The smallest absolute Gasteiger partial charge is 0.358 e. The molecule has 0 unspecified atom stereocenters. The van der Waals surface area contributed by atoms with E-state index in [-0.39, 0.29) is 30.0 Å². The third-order valence-electron chi connectivity index (χ3n) is 4.41. The number of carbonyl (C=O) groups is 2. The van der Waals surface area contributed by atoms with Gasteiger partial charge in [-0.25, -0.2) is 4.79 Å². The molecule has 0 saturated heterocycles. The molecular weight excluding hydrogens is 344 g/mol. The highest BCUT2D eigenvalue weighted by atomic mass is 16.5. The first kappa shape index (κ1) is 20.6. The lowest BCUT2D eigenvalue weighted by atomic mass is 9.92. The van der Waals surface area contributed by atoms with Gasteiger partial charge in [0.05, 0.1) is 7.11 Å². The van der Waals surface area contributed by atoms with Crippen molar-refractivity contribution < 1.29 is 19.1 Å². The van der Waals surface area contributed by atoms with E-state index in [2.05, 4.69) is 33.0 Å². The number of ether oxygens (including phenoxy) is 2. The van der Waals surface area contributed by atoms with Crippen molar-refractivity contribution in [3.63, 3.8) is 0 Å². The number of aromatic nitrogens is 1. The van der Waals surface area contributed by atoms with Gasteiger partial charge in [0.15, 0.2) is 18.1 Å². The number of methoxy groups -OCH3 is 1. The van der Waals surface area contributed by atoms with Crippen molar-refractivity contribution in [2.45, 2.75) is 39.5 Å². The number of anilines is 1. The fourth-order valence-corrected chi connectivity index (χ4v) is 2.98. The Balaban J connectivity index is 2.17. The van der Waals surface area contributed by atoms with Crippen molar-refractivity contribution in [3.05, 3.63) is 47.3 Å². The number of hydrogen-bond donors (Lipinski definition) is 1. The molecule has 0 aliphatic heterocycles. The molecule has 1 aromatic carbocycles. The van der Waals surface area contributed by atoms with E-state index in [1.54, 1.807) is 23.9 Å². The second-order valence-electron chi connectivity index (χ2n) is 7.09. The minimum atomic E-state index is -0.509. The Bertz CT molecular complexity index is 795. The SMILES string of the molecule is COC(=O)c1c(OCC(=O)Nc2c(C(C)C)cccc2C(C)C)ccn1C. The Morgan fingerprint density at radius 1 is 1.07 bits per heavy atom. The molecule has 1 heterocycles. The second kappa shape index (κ2) is 8.75. The van der Waals surface area contributed by atoms with Gasteiger partial charge in [-0.05, 0) is 29.0 Å². The van der Waals surface area contributed by atoms with Crippen molar-refractivity contribution in [1.82, 2.24) is 4.57 Å². The molecular formula is C21H28N2O4. The number of amides is 1. The monoisotopic (exact) mass is 372 g/mol. The first-order valence-electron chi connectivity index (χ1n) is 9.05. The van der Waals surface area contributed by atoms with E-state index in [0.29, 0.717) is 5.75 Å². The van der Waals surface area contributed by atoms with Crippen molar-refractivity contribution in [3.8, 4) is 5.75 Å². The molecule has 0 aliphatic rings. The van der Waals surface area contributed by atoms with Crippen LogP contribution in [0.25, 0.3) is 0 Å².